The maximum Gasteiger partial charge on any atom is 0.306 e. The summed E-state index contributed by atoms with van der Waals surface area (Å²) in [5, 5.41) is 21.4. The SMILES string of the molecule is N#Cc1ccccc1CNC1CCC(C(=O)O)CC1. The van der Waals surface area contributed by atoms with Crippen LogP contribution in [-0.4, -0.2) is 17.1 Å². The number of hydrogen-bond acceptors (Lipinski definition) is 3. The van der Waals surface area contributed by atoms with Crippen LogP contribution in [0.2, 0.25) is 0 Å². The fourth-order valence-electron chi connectivity index (χ4n) is 2.58. The van der Waals surface area contributed by atoms with Crippen molar-refractivity contribution in [3.63, 3.8) is 0 Å². The Labute approximate surface area is 113 Å². The van der Waals surface area contributed by atoms with Gasteiger partial charge in [0.25, 0.3) is 0 Å². The number of nitrogens with zero attached hydrogens (tertiary/aromatic N) is 1. The molecule has 0 radical (unpaired) electrons. The molecule has 0 unspecified atom stereocenters. The molecule has 4 nitrogen and oxygen atoms in total. The van der Waals surface area contributed by atoms with Crippen LogP contribution in [-0.2, 0) is 11.3 Å². The Hall–Kier alpha value is -1.86. The lowest BCUT2D eigenvalue weighted by Gasteiger charge is -2.27. The van der Waals surface area contributed by atoms with E-state index in [1.165, 1.54) is 0 Å². The largest absolute Gasteiger partial charge is 0.481 e. The lowest BCUT2D eigenvalue weighted by Crippen LogP contribution is -2.34. The van der Waals surface area contributed by atoms with Crippen LogP contribution in [0.15, 0.2) is 24.3 Å². The second-order valence-electron chi connectivity index (χ2n) is 5.04. The van der Waals surface area contributed by atoms with Gasteiger partial charge < -0.3 is 10.4 Å². The first-order valence-corrected chi connectivity index (χ1v) is 6.65. The number of hydrogen-bond donors (Lipinski definition) is 2. The third kappa shape index (κ3) is 3.55. The number of carboxylic acids is 1. The molecular weight excluding hydrogens is 240 g/mol. The Morgan fingerprint density at radius 1 is 1.32 bits per heavy atom. The average molecular weight is 258 g/mol. The number of rotatable bonds is 4. The van der Waals surface area contributed by atoms with Gasteiger partial charge in [-0.25, -0.2) is 0 Å². The van der Waals surface area contributed by atoms with E-state index in [1.807, 2.05) is 24.3 Å². The fraction of sp³-hybridized carbons (Fsp3) is 0.467. The molecule has 1 aromatic rings. The molecule has 2 rings (SSSR count). The second-order valence-corrected chi connectivity index (χ2v) is 5.04. The van der Waals surface area contributed by atoms with Crippen LogP contribution in [0.3, 0.4) is 0 Å². The quantitative estimate of drug-likeness (QED) is 0.869. The fourth-order valence-corrected chi connectivity index (χ4v) is 2.58. The molecule has 0 heterocycles. The molecule has 0 amide bonds. The molecule has 19 heavy (non-hydrogen) atoms. The molecule has 1 fully saturated rings. The molecule has 2 N–H and O–H groups in total. The van der Waals surface area contributed by atoms with Gasteiger partial charge in [-0.2, -0.15) is 5.26 Å². The van der Waals surface area contributed by atoms with Crippen molar-refractivity contribution in [3.05, 3.63) is 35.4 Å². The van der Waals surface area contributed by atoms with Crippen LogP contribution in [0.5, 0.6) is 0 Å². The van der Waals surface area contributed by atoms with Crippen LogP contribution in [0.25, 0.3) is 0 Å². The summed E-state index contributed by atoms with van der Waals surface area (Å²) in [4.78, 5) is 10.9. The van der Waals surface area contributed by atoms with Gasteiger partial charge in [0.2, 0.25) is 0 Å². The van der Waals surface area contributed by atoms with Crippen molar-refractivity contribution in [1.82, 2.24) is 5.32 Å². The van der Waals surface area contributed by atoms with Gasteiger partial charge in [-0.1, -0.05) is 18.2 Å². The third-order valence-corrected chi connectivity index (χ3v) is 3.80. The summed E-state index contributed by atoms with van der Waals surface area (Å²) in [7, 11) is 0. The number of carbonyl (C=O) groups is 1. The minimum atomic E-state index is -0.673. The van der Waals surface area contributed by atoms with Gasteiger partial charge in [0, 0.05) is 12.6 Å². The van der Waals surface area contributed by atoms with Gasteiger partial charge in [0.15, 0.2) is 0 Å². The summed E-state index contributed by atoms with van der Waals surface area (Å²) in [5.41, 5.74) is 1.71. The van der Waals surface area contributed by atoms with Gasteiger partial charge in [0.05, 0.1) is 17.6 Å². The Balaban J connectivity index is 1.84. The topological polar surface area (TPSA) is 73.1 Å². The molecule has 0 atom stereocenters. The lowest BCUT2D eigenvalue weighted by atomic mass is 9.86. The van der Waals surface area contributed by atoms with Crippen molar-refractivity contribution >= 4 is 5.97 Å². The average Bonchev–Trinajstić information content (AvgIpc) is 2.45. The van der Waals surface area contributed by atoms with Crippen LogP contribution in [0, 0.1) is 17.2 Å². The Morgan fingerprint density at radius 3 is 2.63 bits per heavy atom. The first-order valence-electron chi connectivity index (χ1n) is 6.65. The van der Waals surface area contributed by atoms with Gasteiger partial charge in [-0.05, 0) is 37.3 Å². The molecule has 1 aliphatic rings. The van der Waals surface area contributed by atoms with Crippen molar-refractivity contribution < 1.29 is 9.90 Å². The maximum absolute atomic E-state index is 10.9. The Morgan fingerprint density at radius 2 is 2.00 bits per heavy atom. The molecule has 4 heteroatoms. The monoisotopic (exact) mass is 258 g/mol. The highest BCUT2D eigenvalue weighted by molar-refractivity contribution is 5.70. The standard InChI is InChI=1S/C15H18N2O2/c16-9-12-3-1-2-4-13(12)10-17-14-7-5-11(6-8-14)15(18)19/h1-4,11,14,17H,5-8,10H2,(H,18,19). The second kappa shape index (κ2) is 6.35. The normalized spacial score (nSPS) is 22.7. The minimum Gasteiger partial charge on any atom is -0.481 e. The van der Waals surface area contributed by atoms with Crippen LogP contribution >= 0.6 is 0 Å². The molecule has 0 bridgehead atoms. The zero-order chi connectivity index (χ0) is 13.7. The number of nitriles is 1. The highest BCUT2D eigenvalue weighted by Crippen LogP contribution is 2.24. The predicted molar refractivity (Wildman–Crippen MR) is 71.4 cm³/mol. The lowest BCUT2D eigenvalue weighted by molar-refractivity contribution is -0.142. The smallest absolute Gasteiger partial charge is 0.306 e. The van der Waals surface area contributed by atoms with Crippen molar-refractivity contribution in [2.45, 2.75) is 38.3 Å². The molecule has 0 saturated heterocycles. The van der Waals surface area contributed by atoms with E-state index in [-0.39, 0.29) is 5.92 Å². The summed E-state index contributed by atoms with van der Waals surface area (Å²) in [6, 6.07) is 10.1. The van der Waals surface area contributed by atoms with Crippen molar-refractivity contribution in [2.75, 3.05) is 0 Å². The summed E-state index contributed by atoms with van der Waals surface area (Å²) < 4.78 is 0. The van der Waals surface area contributed by atoms with E-state index in [9.17, 15) is 4.79 Å². The van der Waals surface area contributed by atoms with Crippen molar-refractivity contribution in [1.29, 1.82) is 5.26 Å². The van der Waals surface area contributed by atoms with E-state index in [1.54, 1.807) is 0 Å². The van der Waals surface area contributed by atoms with Gasteiger partial charge in [-0.15, -0.1) is 0 Å². The van der Waals surface area contributed by atoms with E-state index >= 15 is 0 Å². The van der Waals surface area contributed by atoms with E-state index in [4.69, 9.17) is 10.4 Å². The first-order chi connectivity index (χ1) is 9.20. The number of benzene rings is 1. The highest BCUT2D eigenvalue weighted by Gasteiger charge is 2.25. The van der Waals surface area contributed by atoms with E-state index in [2.05, 4.69) is 11.4 Å². The van der Waals surface area contributed by atoms with Crippen molar-refractivity contribution in [3.8, 4) is 6.07 Å². The zero-order valence-electron chi connectivity index (χ0n) is 10.8. The number of aliphatic carboxylic acids is 1. The molecule has 1 aromatic carbocycles. The number of nitrogens with one attached hydrogen (secondary N) is 1. The van der Waals surface area contributed by atoms with Gasteiger partial charge in [0.1, 0.15) is 0 Å². The number of carboxylic acid groups (broad SMARTS) is 1. The molecule has 0 spiro atoms. The summed E-state index contributed by atoms with van der Waals surface area (Å²) in [6.45, 7) is 0.673. The molecular formula is C15H18N2O2. The predicted octanol–water partition coefficient (Wildman–Crippen LogP) is 2.29. The first kappa shape index (κ1) is 13.6. The molecule has 100 valence electrons. The van der Waals surface area contributed by atoms with E-state index in [0.717, 1.165) is 31.2 Å². The third-order valence-electron chi connectivity index (χ3n) is 3.80. The summed E-state index contributed by atoms with van der Waals surface area (Å²) >= 11 is 0. The van der Waals surface area contributed by atoms with E-state index < -0.39 is 5.97 Å². The van der Waals surface area contributed by atoms with Crippen LogP contribution < -0.4 is 5.32 Å². The summed E-state index contributed by atoms with van der Waals surface area (Å²) in [6.07, 6.45) is 3.27. The van der Waals surface area contributed by atoms with E-state index in [0.29, 0.717) is 18.2 Å². The van der Waals surface area contributed by atoms with Gasteiger partial charge >= 0.3 is 5.97 Å². The Bertz CT molecular complexity index is 485. The van der Waals surface area contributed by atoms with Crippen LogP contribution in [0.1, 0.15) is 36.8 Å². The molecule has 0 aromatic heterocycles. The van der Waals surface area contributed by atoms with Gasteiger partial charge in [-0.3, -0.25) is 4.79 Å². The zero-order valence-corrected chi connectivity index (χ0v) is 10.8. The highest BCUT2D eigenvalue weighted by atomic mass is 16.4. The molecule has 0 aliphatic heterocycles. The molecule has 1 aliphatic carbocycles. The maximum atomic E-state index is 10.9. The van der Waals surface area contributed by atoms with Crippen molar-refractivity contribution in [2.24, 2.45) is 5.92 Å². The molecule has 1 saturated carbocycles. The minimum absolute atomic E-state index is 0.176. The Kier molecular flexibility index (Phi) is 4.53. The van der Waals surface area contributed by atoms with Crippen LogP contribution in [0.4, 0.5) is 0 Å². The summed E-state index contributed by atoms with van der Waals surface area (Å²) in [5.74, 6) is -0.849.